The fourth-order valence-corrected chi connectivity index (χ4v) is 2.36. The maximum Gasteiger partial charge on any atom is 0.131 e. The predicted molar refractivity (Wildman–Crippen MR) is 83.6 cm³/mol. The largest absolute Gasteiger partial charge is 0.497 e. The molecule has 0 atom stereocenters. The Morgan fingerprint density at radius 2 is 2.05 bits per heavy atom. The van der Waals surface area contributed by atoms with Crippen LogP contribution < -0.4 is 9.64 Å². The second-order valence-electron chi connectivity index (χ2n) is 4.83. The van der Waals surface area contributed by atoms with Gasteiger partial charge in [-0.1, -0.05) is 12.1 Å². The summed E-state index contributed by atoms with van der Waals surface area (Å²) in [6.45, 7) is 2.84. The number of pyridine rings is 1. The smallest absolute Gasteiger partial charge is 0.131 e. The molecule has 0 aliphatic heterocycles. The van der Waals surface area contributed by atoms with E-state index in [1.165, 1.54) is 5.56 Å². The standard InChI is InChI=1S/C16H19ClN2O/c1-12-7-14(9-17)10-18-16(12)19(2)11-13-5-4-6-15(8-13)20-3/h4-8,10H,9,11H2,1-3H3. The van der Waals surface area contributed by atoms with E-state index >= 15 is 0 Å². The van der Waals surface area contributed by atoms with Crippen LogP contribution in [0.15, 0.2) is 36.5 Å². The Hall–Kier alpha value is -1.74. The first-order chi connectivity index (χ1) is 9.63. The molecule has 0 radical (unpaired) electrons. The number of aromatic nitrogens is 1. The number of benzene rings is 1. The zero-order chi connectivity index (χ0) is 14.5. The van der Waals surface area contributed by atoms with Gasteiger partial charge >= 0.3 is 0 Å². The Morgan fingerprint density at radius 3 is 2.70 bits per heavy atom. The molecule has 0 fully saturated rings. The minimum absolute atomic E-state index is 0.494. The van der Waals surface area contributed by atoms with E-state index in [1.54, 1.807) is 7.11 Å². The summed E-state index contributed by atoms with van der Waals surface area (Å²) in [5, 5.41) is 0. The topological polar surface area (TPSA) is 25.4 Å². The zero-order valence-corrected chi connectivity index (χ0v) is 12.8. The summed E-state index contributed by atoms with van der Waals surface area (Å²) < 4.78 is 5.25. The maximum atomic E-state index is 5.83. The Balaban J connectivity index is 2.16. The number of alkyl halides is 1. The van der Waals surface area contributed by atoms with Gasteiger partial charge in [0.1, 0.15) is 11.6 Å². The van der Waals surface area contributed by atoms with Crippen LogP contribution in [0, 0.1) is 6.92 Å². The molecule has 0 unspecified atom stereocenters. The average molecular weight is 291 g/mol. The van der Waals surface area contributed by atoms with E-state index in [1.807, 2.05) is 31.4 Å². The highest BCUT2D eigenvalue weighted by Crippen LogP contribution is 2.21. The van der Waals surface area contributed by atoms with Crippen LogP contribution >= 0.6 is 11.6 Å². The van der Waals surface area contributed by atoms with E-state index in [9.17, 15) is 0 Å². The zero-order valence-electron chi connectivity index (χ0n) is 12.1. The van der Waals surface area contributed by atoms with Crippen molar-refractivity contribution in [2.24, 2.45) is 0 Å². The highest BCUT2D eigenvalue weighted by atomic mass is 35.5. The number of hydrogen-bond acceptors (Lipinski definition) is 3. The molecule has 4 heteroatoms. The van der Waals surface area contributed by atoms with Crippen molar-refractivity contribution >= 4 is 17.4 Å². The third kappa shape index (κ3) is 3.42. The monoisotopic (exact) mass is 290 g/mol. The van der Waals surface area contributed by atoms with Crippen molar-refractivity contribution in [1.29, 1.82) is 0 Å². The van der Waals surface area contributed by atoms with Crippen molar-refractivity contribution in [2.75, 3.05) is 19.1 Å². The van der Waals surface area contributed by atoms with Gasteiger partial charge in [0.15, 0.2) is 0 Å². The van der Waals surface area contributed by atoms with E-state index in [0.717, 1.165) is 29.2 Å². The summed E-state index contributed by atoms with van der Waals surface area (Å²) in [5.74, 6) is 2.34. The van der Waals surface area contributed by atoms with Gasteiger partial charge in [-0.3, -0.25) is 0 Å². The predicted octanol–water partition coefficient (Wildman–Crippen LogP) is 3.77. The van der Waals surface area contributed by atoms with E-state index in [-0.39, 0.29) is 0 Å². The van der Waals surface area contributed by atoms with E-state index in [2.05, 4.69) is 28.9 Å². The molecule has 1 aromatic carbocycles. The highest BCUT2D eigenvalue weighted by molar-refractivity contribution is 6.17. The lowest BCUT2D eigenvalue weighted by Crippen LogP contribution is -2.19. The molecule has 0 saturated carbocycles. The first kappa shape index (κ1) is 14.7. The van der Waals surface area contributed by atoms with Crippen LogP contribution in [0.1, 0.15) is 16.7 Å². The lowest BCUT2D eigenvalue weighted by Gasteiger charge is -2.21. The molecule has 0 bridgehead atoms. The second kappa shape index (κ2) is 6.62. The molecule has 0 aliphatic rings. The SMILES string of the molecule is COc1cccc(CN(C)c2ncc(CCl)cc2C)c1. The molecule has 0 amide bonds. The van der Waals surface area contributed by atoms with Crippen molar-refractivity contribution in [1.82, 2.24) is 4.98 Å². The lowest BCUT2D eigenvalue weighted by molar-refractivity contribution is 0.414. The summed E-state index contributed by atoms with van der Waals surface area (Å²) in [5.41, 5.74) is 3.37. The Kier molecular flexibility index (Phi) is 4.85. The van der Waals surface area contributed by atoms with E-state index < -0.39 is 0 Å². The van der Waals surface area contributed by atoms with Crippen molar-refractivity contribution in [3.8, 4) is 5.75 Å². The van der Waals surface area contributed by atoms with Crippen molar-refractivity contribution in [3.63, 3.8) is 0 Å². The number of aryl methyl sites for hydroxylation is 1. The summed E-state index contributed by atoms with van der Waals surface area (Å²) in [6, 6.07) is 10.2. The minimum Gasteiger partial charge on any atom is -0.497 e. The number of ether oxygens (including phenoxy) is 1. The Bertz CT molecular complexity index is 586. The van der Waals surface area contributed by atoms with Gasteiger partial charge in [0, 0.05) is 25.7 Å². The molecule has 1 heterocycles. The normalized spacial score (nSPS) is 10.4. The van der Waals surface area contributed by atoms with Gasteiger partial charge in [0.2, 0.25) is 0 Å². The first-order valence-corrected chi connectivity index (χ1v) is 7.03. The van der Waals surface area contributed by atoms with Crippen LogP contribution in [-0.4, -0.2) is 19.1 Å². The maximum absolute atomic E-state index is 5.83. The molecule has 2 rings (SSSR count). The molecule has 3 nitrogen and oxygen atoms in total. The fourth-order valence-electron chi connectivity index (χ4n) is 2.22. The minimum atomic E-state index is 0.494. The van der Waals surface area contributed by atoms with Crippen molar-refractivity contribution in [3.05, 3.63) is 53.2 Å². The molecule has 0 saturated heterocycles. The van der Waals surface area contributed by atoms with Gasteiger partial charge in [0.25, 0.3) is 0 Å². The van der Waals surface area contributed by atoms with Crippen LogP contribution in [0.25, 0.3) is 0 Å². The lowest BCUT2D eigenvalue weighted by atomic mass is 10.1. The van der Waals surface area contributed by atoms with Gasteiger partial charge in [-0.15, -0.1) is 11.6 Å². The number of methoxy groups -OCH3 is 1. The number of rotatable bonds is 5. The molecule has 0 spiro atoms. The molecule has 20 heavy (non-hydrogen) atoms. The van der Waals surface area contributed by atoms with Crippen molar-refractivity contribution in [2.45, 2.75) is 19.3 Å². The molecular weight excluding hydrogens is 272 g/mol. The Labute approximate surface area is 125 Å². The number of hydrogen-bond donors (Lipinski definition) is 0. The molecule has 2 aromatic rings. The van der Waals surface area contributed by atoms with E-state index in [0.29, 0.717) is 5.88 Å². The molecule has 0 aliphatic carbocycles. The average Bonchev–Trinajstić information content (AvgIpc) is 2.47. The number of nitrogens with zero attached hydrogens (tertiary/aromatic N) is 2. The highest BCUT2D eigenvalue weighted by Gasteiger charge is 2.08. The molecule has 0 N–H and O–H groups in total. The van der Waals surface area contributed by atoms with Crippen LogP contribution in [0.3, 0.4) is 0 Å². The first-order valence-electron chi connectivity index (χ1n) is 6.49. The summed E-state index contributed by atoms with van der Waals surface area (Å²) >= 11 is 5.83. The van der Waals surface area contributed by atoms with Gasteiger partial charge in [-0.05, 0) is 41.8 Å². The quantitative estimate of drug-likeness (QED) is 0.784. The van der Waals surface area contributed by atoms with Crippen LogP contribution in [-0.2, 0) is 12.4 Å². The molecule has 106 valence electrons. The van der Waals surface area contributed by atoms with Crippen LogP contribution in [0.4, 0.5) is 5.82 Å². The van der Waals surface area contributed by atoms with Gasteiger partial charge in [-0.2, -0.15) is 0 Å². The molecular formula is C16H19ClN2O. The number of anilines is 1. The molecule has 1 aromatic heterocycles. The van der Waals surface area contributed by atoms with Gasteiger partial charge in [-0.25, -0.2) is 4.98 Å². The van der Waals surface area contributed by atoms with Crippen LogP contribution in [0.2, 0.25) is 0 Å². The summed E-state index contributed by atoms with van der Waals surface area (Å²) in [6.07, 6.45) is 1.83. The van der Waals surface area contributed by atoms with Crippen LogP contribution in [0.5, 0.6) is 5.75 Å². The third-order valence-electron chi connectivity index (χ3n) is 3.18. The number of halogens is 1. The summed E-state index contributed by atoms with van der Waals surface area (Å²) in [7, 11) is 3.72. The Morgan fingerprint density at radius 1 is 1.25 bits per heavy atom. The second-order valence-corrected chi connectivity index (χ2v) is 5.09. The van der Waals surface area contributed by atoms with Gasteiger partial charge in [0.05, 0.1) is 7.11 Å². The third-order valence-corrected chi connectivity index (χ3v) is 3.49. The van der Waals surface area contributed by atoms with Gasteiger partial charge < -0.3 is 9.64 Å². The van der Waals surface area contributed by atoms with E-state index in [4.69, 9.17) is 16.3 Å². The summed E-state index contributed by atoms with van der Waals surface area (Å²) in [4.78, 5) is 6.63. The fraction of sp³-hybridized carbons (Fsp3) is 0.312. The van der Waals surface area contributed by atoms with Crippen molar-refractivity contribution < 1.29 is 4.74 Å².